The Hall–Kier alpha value is -3.83. The molecule has 154 valence electrons. The van der Waals surface area contributed by atoms with Crippen LogP contribution < -0.4 is 15.6 Å². The van der Waals surface area contributed by atoms with Gasteiger partial charge in [-0.2, -0.15) is 0 Å². The number of nitrogens with one attached hydrogen (secondary N) is 1. The second kappa shape index (κ2) is 9.32. The summed E-state index contributed by atoms with van der Waals surface area (Å²) in [6.45, 7) is 0.350. The van der Waals surface area contributed by atoms with E-state index in [4.69, 9.17) is 16.3 Å². The molecule has 0 aliphatic heterocycles. The summed E-state index contributed by atoms with van der Waals surface area (Å²) in [6.07, 6.45) is 1.66. The maximum Gasteiger partial charge on any atom is 0.263 e. The number of hydrogen-bond acceptors (Lipinski definition) is 3. The molecule has 3 aromatic carbocycles. The molecular weight excluding hydrogens is 412 g/mol. The van der Waals surface area contributed by atoms with Crippen molar-refractivity contribution in [1.29, 1.82) is 0 Å². The molecule has 0 bridgehead atoms. The summed E-state index contributed by atoms with van der Waals surface area (Å²) in [6, 6.07) is 26.8. The van der Waals surface area contributed by atoms with Gasteiger partial charge in [0, 0.05) is 16.9 Å². The van der Waals surface area contributed by atoms with Gasteiger partial charge in [0.2, 0.25) is 0 Å². The van der Waals surface area contributed by atoms with Crippen LogP contribution in [-0.4, -0.2) is 10.5 Å². The van der Waals surface area contributed by atoms with Crippen molar-refractivity contribution in [3.05, 3.63) is 124 Å². The second-order valence-corrected chi connectivity index (χ2v) is 7.31. The van der Waals surface area contributed by atoms with Gasteiger partial charge >= 0.3 is 0 Å². The molecule has 0 atom stereocenters. The van der Waals surface area contributed by atoms with Gasteiger partial charge in [0.05, 0.1) is 6.54 Å². The van der Waals surface area contributed by atoms with Crippen molar-refractivity contribution in [3.63, 3.8) is 0 Å². The van der Waals surface area contributed by atoms with Gasteiger partial charge in [0.25, 0.3) is 11.5 Å². The van der Waals surface area contributed by atoms with Gasteiger partial charge in [-0.1, -0.05) is 41.9 Å². The Morgan fingerprint density at radius 3 is 2.23 bits per heavy atom. The Balaban J connectivity index is 1.46. The fraction of sp³-hybridized carbons (Fsp3) is 0.0400. The molecule has 1 N–H and O–H groups in total. The number of aromatic nitrogens is 1. The number of halogens is 1. The second-order valence-electron chi connectivity index (χ2n) is 6.87. The van der Waals surface area contributed by atoms with Gasteiger partial charge < -0.3 is 14.6 Å². The molecule has 0 saturated carbocycles. The van der Waals surface area contributed by atoms with E-state index >= 15 is 0 Å². The number of pyridine rings is 1. The van der Waals surface area contributed by atoms with Crippen LogP contribution in [-0.2, 0) is 6.54 Å². The highest BCUT2D eigenvalue weighted by atomic mass is 35.5. The van der Waals surface area contributed by atoms with E-state index in [0.29, 0.717) is 23.0 Å². The van der Waals surface area contributed by atoms with E-state index in [-0.39, 0.29) is 11.1 Å². The Labute approximate surface area is 184 Å². The van der Waals surface area contributed by atoms with Crippen LogP contribution in [0.2, 0.25) is 5.02 Å². The van der Waals surface area contributed by atoms with Crippen LogP contribution in [0.4, 0.5) is 5.69 Å². The van der Waals surface area contributed by atoms with E-state index < -0.39 is 5.91 Å². The maximum atomic E-state index is 12.8. The monoisotopic (exact) mass is 430 g/mol. The average Bonchev–Trinajstić information content (AvgIpc) is 2.79. The van der Waals surface area contributed by atoms with Crippen LogP contribution in [0.15, 0.2) is 102 Å². The molecule has 1 amide bonds. The molecule has 0 spiro atoms. The third-order valence-electron chi connectivity index (χ3n) is 4.62. The van der Waals surface area contributed by atoms with Crippen LogP contribution in [0.3, 0.4) is 0 Å². The summed E-state index contributed by atoms with van der Waals surface area (Å²) < 4.78 is 7.24. The zero-order chi connectivity index (χ0) is 21.6. The first kappa shape index (κ1) is 20.4. The molecule has 0 aliphatic carbocycles. The van der Waals surface area contributed by atoms with Crippen molar-refractivity contribution in [2.24, 2.45) is 0 Å². The Kier molecular flexibility index (Phi) is 6.15. The van der Waals surface area contributed by atoms with Crippen LogP contribution in [0.5, 0.6) is 11.5 Å². The Morgan fingerprint density at radius 1 is 0.839 bits per heavy atom. The van der Waals surface area contributed by atoms with Gasteiger partial charge in [0.1, 0.15) is 17.1 Å². The zero-order valence-electron chi connectivity index (χ0n) is 16.5. The summed E-state index contributed by atoms with van der Waals surface area (Å²) >= 11 is 5.91. The number of carbonyl (C=O) groups excluding carboxylic acids is 1. The molecule has 4 rings (SSSR count). The average molecular weight is 431 g/mol. The zero-order valence-corrected chi connectivity index (χ0v) is 17.3. The predicted octanol–water partition coefficient (Wildman–Crippen LogP) is 5.59. The normalized spacial score (nSPS) is 10.5. The van der Waals surface area contributed by atoms with E-state index in [1.165, 1.54) is 10.6 Å². The van der Waals surface area contributed by atoms with Crippen molar-refractivity contribution in [1.82, 2.24) is 4.57 Å². The molecular formula is C25H19ClN2O3. The van der Waals surface area contributed by atoms with E-state index in [1.807, 2.05) is 42.5 Å². The smallest absolute Gasteiger partial charge is 0.263 e. The lowest BCUT2D eigenvalue weighted by molar-refractivity contribution is 0.102. The minimum atomic E-state index is -0.466. The Morgan fingerprint density at radius 2 is 1.52 bits per heavy atom. The predicted molar refractivity (Wildman–Crippen MR) is 122 cm³/mol. The molecule has 0 fully saturated rings. The molecule has 4 aromatic rings. The summed E-state index contributed by atoms with van der Waals surface area (Å²) in [5.41, 5.74) is 1.19. The lowest BCUT2D eigenvalue weighted by atomic mass is 10.2. The van der Waals surface area contributed by atoms with Gasteiger partial charge in [0.15, 0.2) is 0 Å². The molecule has 6 heteroatoms. The first-order valence-electron chi connectivity index (χ1n) is 9.67. The summed E-state index contributed by atoms with van der Waals surface area (Å²) in [5.74, 6) is 0.909. The van der Waals surface area contributed by atoms with Crippen molar-refractivity contribution >= 4 is 23.2 Å². The number of amides is 1. The number of hydrogen-bond donors (Lipinski definition) is 1. The number of anilines is 1. The SMILES string of the molecule is O=C(Nc1ccc(Oc2ccccc2)cc1)c1cccn(Cc2ccc(Cl)cc2)c1=O. The highest BCUT2D eigenvalue weighted by Crippen LogP contribution is 2.22. The maximum absolute atomic E-state index is 12.8. The highest BCUT2D eigenvalue weighted by molar-refractivity contribution is 6.30. The number of para-hydroxylation sites is 1. The first-order valence-corrected chi connectivity index (χ1v) is 10.0. The van der Waals surface area contributed by atoms with Crippen molar-refractivity contribution in [2.75, 3.05) is 5.32 Å². The van der Waals surface area contributed by atoms with Gasteiger partial charge in [-0.05, 0) is 66.2 Å². The van der Waals surface area contributed by atoms with Crippen LogP contribution >= 0.6 is 11.6 Å². The molecule has 0 unspecified atom stereocenters. The number of benzene rings is 3. The lowest BCUT2D eigenvalue weighted by Crippen LogP contribution is -2.29. The van der Waals surface area contributed by atoms with Crippen LogP contribution in [0.25, 0.3) is 0 Å². The molecule has 1 aromatic heterocycles. The van der Waals surface area contributed by atoms with Gasteiger partial charge in [-0.25, -0.2) is 0 Å². The summed E-state index contributed by atoms with van der Waals surface area (Å²) in [4.78, 5) is 25.5. The quantitative estimate of drug-likeness (QED) is 0.433. The molecule has 0 saturated heterocycles. The van der Waals surface area contributed by atoms with Gasteiger partial charge in [-0.15, -0.1) is 0 Å². The fourth-order valence-electron chi connectivity index (χ4n) is 3.05. The van der Waals surface area contributed by atoms with E-state index in [0.717, 1.165) is 11.3 Å². The fourth-order valence-corrected chi connectivity index (χ4v) is 3.18. The summed E-state index contributed by atoms with van der Waals surface area (Å²) in [7, 11) is 0. The van der Waals surface area contributed by atoms with Crippen molar-refractivity contribution in [2.45, 2.75) is 6.54 Å². The van der Waals surface area contributed by atoms with Crippen LogP contribution in [0, 0.1) is 0 Å². The lowest BCUT2D eigenvalue weighted by Gasteiger charge is -2.10. The van der Waals surface area contributed by atoms with Gasteiger partial charge in [-0.3, -0.25) is 9.59 Å². The largest absolute Gasteiger partial charge is 0.457 e. The van der Waals surface area contributed by atoms with Crippen molar-refractivity contribution < 1.29 is 9.53 Å². The van der Waals surface area contributed by atoms with Crippen molar-refractivity contribution in [3.8, 4) is 11.5 Å². The minimum absolute atomic E-state index is 0.0704. The topological polar surface area (TPSA) is 60.3 Å². The minimum Gasteiger partial charge on any atom is -0.457 e. The number of nitrogens with zero attached hydrogens (tertiary/aromatic N) is 1. The molecule has 1 heterocycles. The van der Waals surface area contributed by atoms with E-state index in [1.54, 1.807) is 48.7 Å². The molecule has 5 nitrogen and oxygen atoms in total. The first-order chi connectivity index (χ1) is 15.1. The van der Waals surface area contributed by atoms with E-state index in [2.05, 4.69) is 5.32 Å². The molecule has 31 heavy (non-hydrogen) atoms. The third kappa shape index (κ3) is 5.21. The Bertz CT molecular complexity index is 1230. The standard InChI is InChI=1S/C25H19ClN2O3/c26-19-10-8-18(9-11-19)17-28-16-4-7-23(25(28)30)24(29)27-20-12-14-22(15-13-20)31-21-5-2-1-3-6-21/h1-16H,17H2,(H,27,29). The number of carbonyl (C=O) groups is 1. The third-order valence-corrected chi connectivity index (χ3v) is 4.87. The van der Waals surface area contributed by atoms with Crippen LogP contribution in [0.1, 0.15) is 15.9 Å². The highest BCUT2D eigenvalue weighted by Gasteiger charge is 2.13. The van der Waals surface area contributed by atoms with E-state index in [9.17, 15) is 9.59 Å². The number of ether oxygens (including phenoxy) is 1. The summed E-state index contributed by atoms with van der Waals surface area (Å²) in [5, 5.41) is 3.39. The number of rotatable bonds is 6. The molecule has 0 radical (unpaired) electrons. The molecule has 0 aliphatic rings.